The van der Waals surface area contributed by atoms with Crippen LogP contribution in [-0.2, 0) is 4.74 Å². The van der Waals surface area contributed by atoms with Gasteiger partial charge in [-0.05, 0) is 26.0 Å². The summed E-state index contributed by atoms with van der Waals surface area (Å²) in [6.07, 6.45) is 0.122. The molecule has 4 heteroatoms. The van der Waals surface area contributed by atoms with E-state index in [4.69, 9.17) is 15.2 Å². The van der Waals surface area contributed by atoms with Gasteiger partial charge >= 0.3 is 0 Å². The van der Waals surface area contributed by atoms with Crippen molar-refractivity contribution in [3.8, 4) is 5.75 Å². The number of nitrogens with zero attached hydrogens (tertiary/aromatic N) is 1. The molecule has 0 saturated heterocycles. The van der Waals surface area contributed by atoms with Gasteiger partial charge in [0.15, 0.2) is 0 Å². The zero-order chi connectivity index (χ0) is 12.8. The molecular weight excluding hydrogens is 216 g/mol. The maximum Gasteiger partial charge on any atom is 0.144 e. The van der Waals surface area contributed by atoms with E-state index in [0.717, 1.165) is 18.0 Å². The Morgan fingerprint density at radius 2 is 2.06 bits per heavy atom. The maximum atomic E-state index is 5.87. The van der Waals surface area contributed by atoms with Gasteiger partial charge in [0, 0.05) is 32.5 Å². The first-order valence-electron chi connectivity index (χ1n) is 5.81. The molecule has 0 spiro atoms. The maximum absolute atomic E-state index is 5.87. The van der Waals surface area contributed by atoms with Crippen LogP contribution >= 0.6 is 0 Å². The van der Waals surface area contributed by atoms with E-state index in [9.17, 15) is 0 Å². The Balaban J connectivity index is 2.80. The molecule has 0 aliphatic carbocycles. The van der Waals surface area contributed by atoms with Crippen LogP contribution < -0.4 is 15.4 Å². The average molecular weight is 238 g/mol. The smallest absolute Gasteiger partial charge is 0.144 e. The minimum Gasteiger partial charge on any atom is -0.489 e. The molecule has 0 amide bonds. The van der Waals surface area contributed by atoms with Gasteiger partial charge in [0.25, 0.3) is 0 Å². The molecule has 0 bridgehead atoms. The Morgan fingerprint density at radius 3 is 2.65 bits per heavy atom. The number of ether oxygens (including phenoxy) is 2. The second-order valence-corrected chi connectivity index (χ2v) is 4.30. The first-order valence-corrected chi connectivity index (χ1v) is 5.81. The van der Waals surface area contributed by atoms with Gasteiger partial charge in [0.1, 0.15) is 5.75 Å². The fourth-order valence-electron chi connectivity index (χ4n) is 1.47. The fourth-order valence-corrected chi connectivity index (χ4v) is 1.47. The molecule has 1 aromatic rings. The van der Waals surface area contributed by atoms with Crippen LogP contribution in [0.5, 0.6) is 5.75 Å². The number of methoxy groups -OCH3 is 1. The summed E-state index contributed by atoms with van der Waals surface area (Å²) < 4.78 is 10.7. The summed E-state index contributed by atoms with van der Waals surface area (Å²) in [7, 11) is 3.72. The highest BCUT2D eigenvalue weighted by atomic mass is 16.5. The van der Waals surface area contributed by atoms with Gasteiger partial charge in [0.05, 0.1) is 18.4 Å². The molecule has 0 aromatic heterocycles. The molecule has 0 aliphatic rings. The molecule has 1 aromatic carbocycles. The van der Waals surface area contributed by atoms with Crippen molar-refractivity contribution in [2.75, 3.05) is 37.9 Å². The van der Waals surface area contributed by atoms with E-state index >= 15 is 0 Å². The Hall–Kier alpha value is -1.42. The minimum atomic E-state index is 0.122. The van der Waals surface area contributed by atoms with Crippen molar-refractivity contribution in [1.29, 1.82) is 0 Å². The molecule has 4 nitrogen and oxygen atoms in total. The third-order valence-electron chi connectivity index (χ3n) is 2.43. The van der Waals surface area contributed by atoms with E-state index in [1.807, 2.05) is 39.1 Å². The van der Waals surface area contributed by atoms with Gasteiger partial charge in [0.2, 0.25) is 0 Å². The first-order chi connectivity index (χ1) is 8.04. The summed E-state index contributed by atoms with van der Waals surface area (Å²) in [5.41, 5.74) is 7.61. The third kappa shape index (κ3) is 4.15. The predicted octanol–water partition coefficient (Wildman–Crippen LogP) is 2.14. The highest BCUT2D eigenvalue weighted by Crippen LogP contribution is 2.28. The van der Waals surface area contributed by atoms with E-state index in [1.54, 1.807) is 7.11 Å². The highest BCUT2D eigenvalue weighted by Gasteiger charge is 2.07. The van der Waals surface area contributed by atoms with Crippen LogP contribution in [0, 0.1) is 0 Å². The van der Waals surface area contributed by atoms with Crippen LogP contribution in [0.4, 0.5) is 11.4 Å². The van der Waals surface area contributed by atoms with E-state index in [-0.39, 0.29) is 6.10 Å². The van der Waals surface area contributed by atoms with Gasteiger partial charge in [-0.15, -0.1) is 0 Å². The lowest BCUT2D eigenvalue weighted by Crippen LogP contribution is -2.22. The van der Waals surface area contributed by atoms with Crippen molar-refractivity contribution in [3.63, 3.8) is 0 Å². The van der Waals surface area contributed by atoms with E-state index in [2.05, 4.69) is 4.90 Å². The highest BCUT2D eigenvalue weighted by molar-refractivity contribution is 5.62. The number of nitrogens with two attached hydrogens (primary N) is 1. The van der Waals surface area contributed by atoms with Crippen LogP contribution in [0.1, 0.15) is 13.8 Å². The molecule has 0 saturated carbocycles. The SMILES string of the molecule is COCCN(C)c1ccc(N)c(OC(C)C)c1. The number of benzene rings is 1. The van der Waals surface area contributed by atoms with Gasteiger partial charge in [-0.2, -0.15) is 0 Å². The molecule has 0 unspecified atom stereocenters. The molecular formula is C13H22N2O2. The summed E-state index contributed by atoms with van der Waals surface area (Å²) in [5, 5.41) is 0. The Labute approximate surface area is 103 Å². The van der Waals surface area contributed by atoms with Crippen LogP contribution in [0.25, 0.3) is 0 Å². The summed E-state index contributed by atoms with van der Waals surface area (Å²) in [5.74, 6) is 0.738. The quantitative estimate of drug-likeness (QED) is 0.771. The summed E-state index contributed by atoms with van der Waals surface area (Å²) in [6, 6.07) is 5.82. The van der Waals surface area contributed by atoms with Crippen LogP contribution in [0.15, 0.2) is 18.2 Å². The lowest BCUT2D eigenvalue weighted by atomic mass is 10.2. The predicted molar refractivity (Wildman–Crippen MR) is 71.8 cm³/mol. The van der Waals surface area contributed by atoms with Crippen molar-refractivity contribution in [1.82, 2.24) is 0 Å². The zero-order valence-corrected chi connectivity index (χ0v) is 11.1. The Morgan fingerprint density at radius 1 is 1.35 bits per heavy atom. The van der Waals surface area contributed by atoms with Crippen molar-refractivity contribution < 1.29 is 9.47 Å². The standard InChI is InChI=1S/C13H22N2O2/c1-10(2)17-13-9-11(5-6-12(13)14)15(3)7-8-16-4/h5-6,9-10H,7-8,14H2,1-4H3. The summed E-state index contributed by atoms with van der Waals surface area (Å²) in [4.78, 5) is 2.11. The van der Waals surface area contributed by atoms with Gasteiger partial charge < -0.3 is 20.1 Å². The average Bonchev–Trinajstić information content (AvgIpc) is 2.28. The summed E-state index contributed by atoms with van der Waals surface area (Å²) in [6.45, 7) is 5.50. The molecule has 0 aliphatic heterocycles. The fraction of sp³-hybridized carbons (Fsp3) is 0.538. The molecule has 17 heavy (non-hydrogen) atoms. The molecule has 2 N–H and O–H groups in total. The van der Waals surface area contributed by atoms with Gasteiger partial charge in [-0.1, -0.05) is 0 Å². The van der Waals surface area contributed by atoms with Gasteiger partial charge in [-0.3, -0.25) is 0 Å². The molecule has 96 valence electrons. The molecule has 1 rings (SSSR count). The third-order valence-corrected chi connectivity index (χ3v) is 2.43. The Kier molecular flexibility index (Phi) is 5.10. The molecule has 0 atom stereocenters. The number of likely N-dealkylation sites (N-methyl/N-ethyl adjacent to an activating group) is 1. The monoisotopic (exact) mass is 238 g/mol. The van der Waals surface area contributed by atoms with Crippen molar-refractivity contribution in [2.45, 2.75) is 20.0 Å². The van der Waals surface area contributed by atoms with Gasteiger partial charge in [-0.25, -0.2) is 0 Å². The van der Waals surface area contributed by atoms with Crippen LogP contribution in [0.3, 0.4) is 0 Å². The van der Waals surface area contributed by atoms with E-state index in [1.165, 1.54) is 0 Å². The number of anilines is 2. The molecule has 0 heterocycles. The number of rotatable bonds is 6. The largest absolute Gasteiger partial charge is 0.489 e. The number of nitrogen functional groups attached to an aromatic ring is 1. The van der Waals surface area contributed by atoms with Crippen molar-refractivity contribution in [3.05, 3.63) is 18.2 Å². The topological polar surface area (TPSA) is 47.7 Å². The minimum absolute atomic E-state index is 0.122. The normalized spacial score (nSPS) is 10.6. The summed E-state index contributed by atoms with van der Waals surface area (Å²) >= 11 is 0. The van der Waals surface area contributed by atoms with Crippen LogP contribution in [0.2, 0.25) is 0 Å². The molecule has 0 fully saturated rings. The van der Waals surface area contributed by atoms with Crippen molar-refractivity contribution >= 4 is 11.4 Å². The Bertz CT molecular complexity index is 353. The van der Waals surface area contributed by atoms with E-state index in [0.29, 0.717) is 12.3 Å². The molecule has 0 radical (unpaired) electrons. The van der Waals surface area contributed by atoms with Crippen molar-refractivity contribution in [2.24, 2.45) is 0 Å². The zero-order valence-electron chi connectivity index (χ0n) is 11.1. The second-order valence-electron chi connectivity index (χ2n) is 4.30. The number of hydrogen-bond acceptors (Lipinski definition) is 4. The second kappa shape index (κ2) is 6.35. The number of hydrogen-bond donors (Lipinski definition) is 1. The van der Waals surface area contributed by atoms with Crippen LogP contribution in [-0.4, -0.2) is 33.4 Å². The first kappa shape index (κ1) is 13.6. The lowest BCUT2D eigenvalue weighted by Gasteiger charge is -2.21. The van der Waals surface area contributed by atoms with E-state index < -0.39 is 0 Å². The lowest BCUT2D eigenvalue weighted by molar-refractivity contribution is 0.206.